The summed E-state index contributed by atoms with van der Waals surface area (Å²) in [6, 6.07) is 8.90. The van der Waals surface area contributed by atoms with E-state index in [9.17, 15) is 8.78 Å². The first-order chi connectivity index (χ1) is 8.56. The lowest BCUT2D eigenvalue weighted by Gasteiger charge is -2.08. The highest BCUT2D eigenvalue weighted by atomic mass is 79.9. The van der Waals surface area contributed by atoms with Gasteiger partial charge in [-0.3, -0.25) is 0 Å². The normalized spacial score (nSPS) is 10.4. The molecule has 94 valence electrons. The van der Waals surface area contributed by atoms with Gasteiger partial charge < -0.3 is 4.74 Å². The molecule has 0 aliphatic heterocycles. The number of benzene rings is 2. The molecule has 0 aliphatic rings. The first-order valence-electron chi connectivity index (χ1n) is 5.08. The summed E-state index contributed by atoms with van der Waals surface area (Å²) in [4.78, 5) is 0. The standard InChI is InChI=1S/C13H8Br2F2O/c14-9-1-3-11(16)8(5-9)7-18-13-6-10(15)2-4-12(13)17/h1-6H,7H2. The average Bonchev–Trinajstić information content (AvgIpc) is 2.34. The Morgan fingerprint density at radius 3 is 2.22 bits per heavy atom. The van der Waals surface area contributed by atoms with Crippen molar-refractivity contribution >= 4 is 31.9 Å². The van der Waals surface area contributed by atoms with Crippen LogP contribution in [0.15, 0.2) is 45.3 Å². The molecule has 2 aromatic carbocycles. The first-order valence-corrected chi connectivity index (χ1v) is 6.66. The molecular weight excluding hydrogens is 370 g/mol. The summed E-state index contributed by atoms with van der Waals surface area (Å²) in [5.41, 5.74) is 0.365. The Morgan fingerprint density at radius 2 is 1.50 bits per heavy atom. The molecule has 2 aromatic rings. The molecule has 0 bridgehead atoms. The van der Waals surface area contributed by atoms with Gasteiger partial charge in [0.05, 0.1) is 0 Å². The second kappa shape index (κ2) is 5.80. The van der Waals surface area contributed by atoms with Gasteiger partial charge in [0.25, 0.3) is 0 Å². The van der Waals surface area contributed by atoms with Gasteiger partial charge in [-0.1, -0.05) is 31.9 Å². The van der Waals surface area contributed by atoms with E-state index in [-0.39, 0.29) is 18.2 Å². The fourth-order valence-electron chi connectivity index (χ4n) is 1.40. The molecular formula is C13H8Br2F2O. The number of hydrogen-bond donors (Lipinski definition) is 0. The minimum Gasteiger partial charge on any atom is -0.486 e. The van der Waals surface area contributed by atoms with Crippen molar-refractivity contribution in [1.82, 2.24) is 0 Å². The predicted octanol–water partition coefficient (Wildman–Crippen LogP) is 5.07. The SMILES string of the molecule is Fc1ccc(Br)cc1COc1cc(Br)ccc1F. The summed E-state index contributed by atoms with van der Waals surface area (Å²) in [5, 5.41) is 0. The van der Waals surface area contributed by atoms with E-state index in [1.807, 2.05) is 0 Å². The van der Waals surface area contributed by atoms with E-state index in [2.05, 4.69) is 31.9 Å². The van der Waals surface area contributed by atoms with Crippen LogP contribution in [-0.2, 0) is 6.61 Å². The maximum atomic E-state index is 13.4. The van der Waals surface area contributed by atoms with E-state index in [1.165, 1.54) is 18.2 Å². The second-order valence-corrected chi connectivity index (χ2v) is 5.43. The minimum absolute atomic E-state index is 0.0291. The van der Waals surface area contributed by atoms with Crippen LogP contribution in [0.5, 0.6) is 5.75 Å². The number of ether oxygens (including phenoxy) is 1. The third-order valence-electron chi connectivity index (χ3n) is 2.28. The summed E-state index contributed by atoms with van der Waals surface area (Å²) in [6.45, 7) is -0.0291. The van der Waals surface area contributed by atoms with Crippen LogP contribution in [0.3, 0.4) is 0 Å². The van der Waals surface area contributed by atoms with Crippen LogP contribution < -0.4 is 4.74 Å². The second-order valence-electron chi connectivity index (χ2n) is 3.60. The van der Waals surface area contributed by atoms with Crippen molar-refractivity contribution in [3.63, 3.8) is 0 Å². The van der Waals surface area contributed by atoms with Crippen LogP contribution in [0.2, 0.25) is 0 Å². The molecule has 0 saturated heterocycles. The van der Waals surface area contributed by atoms with Crippen LogP contribution >= 0.6 is 31.9 Å². The van der Waals surface area contributed by atoms with Crippen LogP contribution in [0.4, 0.5) is 8.78 Å². The van der Waals surface area contributed by atoms with E-state index in [4.69, 9.17) is 4.74 Å². The molecule has 0 N–H and O–H groups in total. The molecule has 2 rings (SSSR count). The lowest BCUT2D eigenvalue weighted by Crippen LogP contribution is -2.00. The summed E-state index contributed by atoms with van der Waals surface area (Å²) < 4.78 is 33.6. The predicted molar refractivity (Wildman–Crippen MR) is 72.5 cm³/mol. The maximum Gasteiger partial charge on any atom is 0.165 e. The molecule has 0 atom stereocenters. The van der Waals surface area contributed by atoms with E-state index < -0.39 is 5.82 Å². The van der Waals surface area contributed by atoms with Gasteiger partial charge in [-0.15, -0.1) is 0 Å². The zero-order chi connectivity index (χ0) is 13.1. The van der Waals surface area contributed by atoms with Crippen molar-refractivity contribution in [2.45, 2.75) is 6.61 Å². The Bertz CT molecular complexity index is 521. The monoisotopic (exact) mass is 376 g/mol. The molecule has 0 radical (unpaired) electrons. The molecule has 5 heteroatoms. The van der Waals surface area contributed by atoms with Crippen LogP contribution in [-0.4, -0.2) is 0 Å². The van der Waals surface area contributed by atoms with Crippen molar-refractivity contribution in [2.24, 2.45) is 0 Å². The number of hydrogen-bond acceptors (Lipinski definition) is 1. The summed E-state index contributed by atoms with van der Waals surface area (Å²) in [5.74, 6) is -0.772. The fraction of sp³-hybridized carbons (Fsp3) is 0.0769. The minimum atomic E-state index is -0.478. The van der Waals surface area contributed by atoms with E-state index in [0.29, 0.717) is 10.0 Å². The molecule has 0 heterocycles. The van der Waals surface area contributed by atoms with Crippen molar-refractivity contribution < 1.29 is 13.5 Å². The highest BCUT2D eigenvalue weighted by Crippen LogP contribution is 2.24. The smallest absolute Gasteiger partial charge is 0.165 e. The molecule has 0 saturated carbocycles. The molecule has 0 aromatic heterocycles. The Kier molecular flexibility index (Phi) is 4.35. The molecule has 0 spiro atoms. The summed E-state index contributed by atoms with van der Waals surface area (Å²) in [7, 11) is 0. The fourth-order valence-corrected chi connectivity index (χ4v) is 2.15. The topological polar surface area (TPSA) is 9.23 Å². The maximum absolute atomic E-state index is 13.4. The highest BCUT2D eigenvalue weighted by molar-refractivity contribution is 9.10. The average molecular weight is 378 g/mol. The van der Waals surface area contributed by atoms with Crippen molar-refractivity contribution in [2.75, 3.05) is 0 Å². The van der Waals surface area contributed by atoms with Crippen LogP contribution in [0, 0.1) is 11.6 Å². The molecule has 18 heavy (non-hydrogen) atoms. The van der Waals surface area contributed by atoms with Gasteiger partial charge in [-0.2, -0.15) is 0 Å². The van der Waals surface area contributed by atoms with E-state index >= 15 is 0 Å². The Morgan fingerprint density at radius 1 is 0.889 bits per heavy atom. The van der Waals surface area contributed by atoms with Crippen molar-refractivity contribution in [3.05, 3.63) is 62.5 Å². The van der Waals surface area contributed by atoms with Gasteiger partial charge >= 0.3 is 0 Å². The van der Waals surface area contributed by atoms with Crippen molar-refractivity contribution in [1.29, 1.82) is 0 Å². The van der Waals surface area contributed by atoms with Crippen LogP contribution in [0.1, 0.15) is 5.56 Å². The van der Waals surface area contributed by atoms with Gasteiger partial charge in [0.2, 0.25) is 0 Å². The lowest BCUT2D eigenvalue weighted by molar-refractivity contribution is 0.284. The third kappa shape index (κ3) is 3.29. The van der Waals surface area contributed by atoms with Crippen molar-refractivity contribution in [3.8, 4) is 5.75 Å². The van der Waals surface area contributed by atoms with E-state index in [1.54, 1.807) is 18.2 Å². The molecule has 1 nitrogen and oxygen atoms in total. The summed E-state index contributed by atoms with van der Waals surface area (Å²) >= 11 is 6.47. The lowest BCUT2D eigenvalue weighted by atomic mass is 10.2. The number of rotatable bonds is 3. The Labute approximate surface area is 120 Å². The quantitative estimate of drug-likeness (QED) is 0.725. The zero-order valence-electron chi connectivity index (χ0n) is 9.09. The van der Waals surface area contributed by atoms with Gasteiger partial charge in [-0.25, -0.2) is 8.78 Å². The Balaban J connectivity index is 2.16. The highest BCUT2D eigenvalue weighted by Gasteiger charge is 2.07. The summed E-state index contributed by atoms with van der Waals surface area (Å²) in [6.07, 6.45) is 0. The van der Waals surface area contributed by atoms with Gasteiger partial charge in [-0.05, 0) is 36.4 Å². The van der Waals surface area contributed by atoms with Gasteiger partial charge in [0.1, 0.15) is 12.4 Å². The largest absolute Gasteiger partial charge is 0.486 e. The van der Waals surface area contributed by atoms with E-state index in [0.717, 1.165) is 4.47 Å². The molecule has 0 amide bonds. The molecule has 0 aliphatic carbocycles. The first kappa shape index (κ1) is 13.5. The van der Waals surface area contributed by atoms with Gasteiger partial charge in [0, 0.05) is 14.5 Å². The Hall–Kier alpha value is -0.940. The number of halogens is 4. The molecule has 0 fully saturated rings. The third-order valence-corrected chi connectivity index (χ3v) is 3.27. The molecule has 0 unspecified atom stereocenters. The van der Waals surface area contributed by atoms with Crippen LogP contribution in [0.25, 0.3) is 0 Å². The van der Waals surface area contributed by atoms with Gasteiger partial charge in [0.15, 0.2) is 11.6 Å². The zero-order valence-corrected chi connectivity index (χ0v) is 12.3.